The molecule has 3 aliphatic rings. The van der Waals surface area contributed by atoms with Crippen LogP contribution in [-0.2, 0) is 16.0 Å². The summed E-state index contributed by atoms with van der Waals surface area (Å²) < 4.78 is 11.5. The van der Waals surface area contributed by atoms with Crippen LogP contribution in [0.15, 0.2) is 18.2 Å². The lowest BCUT2D eigenvalue weighted by Crippen LogP contribution is -2.34. The van der Waals surface area contributed by atoms with Gasteiger partial charge in [0.1, 0.15) is 12.0 Å². The second-order valence-electron chi connectivity index (χ2n) is 7.94. The summed E-state index contributed by atoms with van der Waals surface area (Å²) in [4.78, 5) is 13.5. The Labute approximate surface area is 150 Å². The summed E-state index contributed by atoms with van der Waals surface area (Å²) in [5.41, 5.74) is 2.75. The molecule has 4 nitrogen and oxygen atoms in total. The van der Waals surface area contributed by atoms with Gasteiger partial charge in [-0.1, -0.05) is 19.1 Å². The number of aldehydes is 1. The molecule has 0 bridgehead atoms. The van der Waals surface area contributed by atoms with Crippen molar-refractivity contribution in [2.75, 3.05) is 26.3 Å². The lowest BCUT2D eigenvalue weighted by molar-refractivity contribution is -0.109. The maximum atomic E-state index is 11.2. The van der Waals surface area contributed by atoms with Crippen LogP contribution in [0.3, 0.4) is 0 Å². The molecule has 4 rings (SSSR count). The molecule has 4 heteroatoms. The molecule has 3 aliphatic heterocycles. The third kappa shape index (κ3) is 3.61. The fourth-order valence-corrected chi connectivity index (χ4v) is 4.88. The fourth-order valence-electron chi connectivity index (χ4n) is 4.88. The van der Waals surface area contributed by atoms with Gasteiger partial charge in [-0.05, 0) is 54.7 Å². The van der Waals surface area contributed by atoms with Gasteiger partial charge in [-0.15, -0.1) is 0 Å². The Morgan fingerprint density at radius 1 is 1.36 bits per heavy atom. The van der Waals surface area contributed by atoms with Crippen molar-refractivity contribution in [2.45, 2.75) is 57.1 Å². The Balaban J connectivity index is 1.45. The molecule has 0 radical (unpaired) electrons. The van der Waals surface area contributed by atoms with Crippen molar-refractivity contribution < 1.29 is 14.3 Å². The molecule has 0 N–H and O–H groups in total. The van der Waals surface area contributed by atoms with Crippen molar-refractivity contribution >= 4 is 6.29 Å². The van der Waals surface area contributed by atoms with Crippen molar-refractivity contribution in [1.29, 1.82) is 0 Å². The molecule has 3 heterocycles. The summed E-state index contributed by atoms with van der Waals surface area (Å²) in [6.45, 7) is 5.57. The summed E-state index contributed by atoms with van der Waals surface area (Å²) in [7, 11) is 0. The number of carbonyl (C=O) groups is 1. The number of carbonyl (C=O) groups excluding carboxylic acids is 1. The second kappa shape index (κ2) is 7.46. The van der Waals surface area contributed by atoms with Gasteiger partial charge in [-0.2, -0.15) is 0 Å². The van der Waals surface area contributed by atoms with E-state index in [9.17, 15) is 4.79 Å². The van der Waals surface area contributed by atoms with Gasteiger partial charge in [-0.25, -0.2) is 0 Å². The Morgan fingerprint density at radius 2 is 2.28 bits per heavy atom. The predicted molar refractivity (Wildman–Crippen MR) is 97.2 cm³/mol. The zero-order valence-corrected chi connectivity index (χ0v) is 15.2. The summed E-state index contributed by atoms with van der Waals surface area (Å²) in [5.74, 6) is 2.14. The second-order valence-corrected chi connectivity index (χ2v) is 7.94. The number of nitrogens with zero attached hydrogens (tertiary/aromatic N) is 1. The number of rotatable bonds is 6. The standard InChI is InChI=1S/C21H29NO3/c1-15(20-3-2-9-24-20)11-19-13-18(14-22(19)7-8-23)16-4-5-21-17(12-16)6-10-25-21/h4-5,8,12,15,18-20H,2-3,6-7,9-11,13-14H2,1H3. The van der Waals surface area contributed by atoms with Gasteiger partial charge < -0.3 is 14.3 Å². The molecule has 0 aliphatic carbocycles. The molecule has 2 saturated heterocycles. The Kier molecular flexibility index (Phi) is 5.09. The molecule has 1 aromatic carbocycles. The third-order valence-corrected chi connectivity index (χ3v) is 6.27. The Hall–Kier alpha value is -1.39. The van der Waals surface area contributed by atoms with Crippen molar-refractivity contribution in [3.8, 4) is 5.75 Å². The molecule has 0 amide bonds. The summed E-state index contributed by atoms with van der Waals surface area (Å²) in [5, 5.41) is 0. The third-order valence-electron chi connectivity index (χ3n) is 6.27. The summed E-state index contributed by atoms with van der Waals surface area (Å²) in [6.07, 6.45) is 7.14. The van der Waals surface area contributed by atoms with Crippen LogP contribution in [0.1, 0.15) is 49.7 Å². The van der Waals surface area contributed by atoms with Crippen LogP contribution < -0.4 is 4.74 Å². The van der Waals surface area contributed by atoms with Crippen molar-refractivity contribution in [1.82, 2.24) is 4.90 Å². The molecule has 4 unspecified atom stereocenters. The molecule has 1 aromatic rings. The fraction of sp³-hybridized carbons (Fsp3) is 0.667. The van der Waals surface area contributed by atoms with E-state index in [-0.39, 0.29) is 0 Å². The quantitative estimate of drug-likeness (QED) is 0.744. The lowest BCUT2D eigenvalue weighted by atomic mass is 9.89. The minimum Gasteiger partial charge on any atom is -0.493 e. The maximum Gasteiger partial charge on any atom is 0.133 e. The van der Waals surface area contributed by atoms with E-state index in [4.69, 9.17) is 9.47 Å². The highest BCUT2D eigenvalue weighted by Crippen LogP contribution is 2.38. The van der Waals surface area contributed by atoms with Gasteiger partial charge in [0.25, 0.3) is 0 Å². The van der Waals surface area contributed by atoms with Crippen LogP contribution in [0.4, 0.5) is 0 Å². The van der Waals surface area contributed by atoms with Crippen molar-refractivity contribution in [3.05, 3.63) is 29.3 Å². The highest BCUT2D eigenvalue weighted by atomic mass is 16.5. The molecular weight excluding hydrogens is 314 g/mol. The van der Waals surface area contributed by atoms with E-state index < -0.39 is 0 Å². The number of hydrogen-bond donors (Lipinski definition) is 0. The Bertz CT molecular complexity index is 611. The zero-order valence-electron chi connectivity index (χ0n) is 15.2. The zero-order chi connectivity index (χ0) is 17.2. The van der Waals surface area contributed by atoms with Gasteiger partial charge >= 0.3 is 0 Å². The number of ether oxygens (including phenoxy) is 2. The molecular formula is C21H29NO3. The summed E-state index contributed by atoms with van der Waals surface area (Å²) >= 11 is 0. The Morgan fingerprint density at radius 3 is 3.08 bits per heavy atom. The first-order valence-electron chi connectivity index (χ1n) is 9.79. The van der Waals surface area contributed by atoms with Gasteiger partial charge in [0.15, 0.2) is 0 Å². The molecule has 25 heavy (non-hydrogen) atoms. The monoisotopic (exact) mass is 343 g/mol. The van der Waals surface area contributed by atoms with Crippen molar-refractivity contribution in [2.24, 2.45) is 5.92 Å². The number of hydrogen-bond acceptors (Lipinski definition) is 4. The van der Waals surface area contributed by atoms with Crippen LogP contribution >= 0.6 is 0 Å². The molecule has 136 valence electrons. The molecule has 0 spiro atoms. The predicted octanol–water partition coefficient (Wildman–Crippen LogP) is 3.18. The maximum absolute atomic E-state index is 11.2. The van der Waals surface area contributed by atoms with Gasteiger partial charge in [0.2, 0.25) is 0 Å². The van der Waals surface area contributed by atoms with E-state index in [2.05, 4.69) is 30.0 Å². The number of likely N-dealkylation sites (tertiary alicyclic amines) is 1. The van der Waals surface area contributed by atoms with Crippen LogP contribution in [0, 0.1) is 5.92 Å². The van der Waals surface area contributed by atoms with E-state index in [1.165, 1.54) is 24.0 Å². The topological polar surface area (TPSA) is 38.8 Å². The molecule has 2 fully saturated rings. The average molecular weight is 343 g/mol. The highest BCUT2D eigenvalue weighted by Gasteiger charge is 2.35. The average Bonchev–Trinajstić information content (AvgIpc) is 3.35. The minimum atomic E-state index is 0.411. The smallest absolute Gasteiger partial charge is 0.133 e. The van der Waals surface area contributed by atoms with Crippen LogP contribution in [0.2, 0.25) is 0 Å². The van der Waals surface area contributed by atoms with Crippen LogP contribution in [0.25, 0.3) is 0 Å². The van der Waals surface area contributed by atoms with E-state index in [1.807, 2.05) is 0 Å². The molecule has 0 saturated carbocycles. The SMILES string of the molecule is CC(CC1CC(c2ccc3c(c2)CCO3)CN1CC=O)C1CCCO1. The number of fused-ring (bicyclic) bond motifs is 1. The van der Waals surface area contributed by atoms with E-state index in [0.29, 0.717) is 30.5 Å². The van der Waals surface area contributed by atoms with Crippen LogP contribution in [-0.4, -0.2) is 49.6 Å². The normalized spacial score (nSPS) is 30.2. The van der Waals surface area contributed by atoms with Gasteiger partial charge in [0.05, 0.1) is 19.3 Å². The molecule has 0 aromatic heterocycles. The van der Waals surface area contributed by atoms with Gasteiger partial charge in [-0.3, -0.25) is 4.90 Å². The first-order valence-corrected chi connectivity index (χ1v) is 9.79. The highest BCUT2D eigenvalue weighted by molar-refractivity contribution is 5.52. The number of benzene rings is 1. The minimum absolute atomic E-state index is 0.411. The van der Waals surface area contributed by atoms with E-state index in [0.717, 1.165) is 51.1 Å². The first-order chi connectivity index (χ1) is 12.2. The van der Waals surface area contributed by atoms with Gasteiger partial charge in [0, 0.05) is 25.6 Å². The molecule has 4 atom stereocenters. The van der Waals surface area contributed by atoms with Crippen LogP contribution in [0.5, 0.6) is 5.75 Å². The first kappa shape index (κ1) is 17.0. The largest absolute Gasteiger partial charge is 0.493 e. The summed E-state index contributed by atoms with van der Waals surface area (Å²) in [6, 6.07) is 7.17. The lowest BCUT2D eigenvalue weighted by Gasteiger charge is -2.27. The van der Waals surface area contributed by atoms with E-state index >= 15 is 0 Å². The van der Waals surface area contributed by atoms with Crippen molar-refractivity contribution in [3.63, 3.8) is 0 Å². The van der Waals surface area contributed by atoms with E-state index in [1.54, 1.807) is 0 Å².